The molecule has 0 saturated carbocycles. The van der Waals surface area contributed by atoms with Crippen LogP contribution >= 0.6 is 11.6 Å². The molecule has 0 saturated heterocycles. The summed E-state index contributed by atoms with van der Waals surface area (Å²) in [5.74, 6) is 0.429. The minimum absolute atomic E-state index is 0.0343. The number of hydrogen-bond donors (Lipinski definition) is 2. The van der Waals surface area contributed by atoms with Crippen molar-refractivity contribution < 1.29 is 9.53 Å². The van der Waals surface area contributed by atoms with E-state index in [4.69, 9.17) is 22.1 Å². The lowest BCUT2D eigenvalue weighted by atomic mass is 10.1. The normalized spacial score (nSPS) is 10.6. The molecule has 2 aromatic rings. The lowest BCUT2D eigenvalue weighted by Crippen LogP contribution is -2.25. The Labute approximate surface area is 141 Å². The Morgan fingerprint density at radius 3 is 2.52 bits per heavy atom. The number of benzene rings is 2. The van der Waals surface area contributed by atoms with Crippen molar-refractivity contribution in [1.82, 2.24) is 5.32 Å². The highest BCUT2D eigenvalue weighted by atomic mass is 35.5. The zero-order valence-corrected chi connectivity index (χ0v) is 14.1. The molecule has 0 aliphatic heterocycles. The summed E-state index contributed by atoms with van der Waals surface area (Å²) < 4.78 is 5.55. The first-order valence-corrected chi connectivity index (χ1v) is 7.92. The van der Waals surface area contributed by atoms with E-state index in [2.05, 4.69) is 5.32 Å². The summed E-state index contributed by atoms with van der Waals surface area (Å²) in [7, 11) is 0. The van der Waals surface area contributed by atoms with Gasteiger partial charge >= 0.3 is 0 Å². The first-order valence-electron chi connectivity index (χ1n) is 7.54. The number of hydrogen-bond acceptors (Lipinski definition) is 3. The van der Waals surface area contributed by atoms with Crippen molar-refractivity contribution in [3.05, 3.63) is 58.6 Å². The maximum absolute atomic E-state index is 12.1. The van der Waals surface area contributed by atoms with Gasteiger partial charge in [-0.3, -0.25) is 4.79 Å². The van der Waals surface area contributed by atoms with Gasteiger partial charge in [-0.05, 0) is 56.2 Å². The highest BCUT2D eigenvalue weighted by molar-refractivity contribution is 6.32. The number of carbonyl (C=O) groups is 1. The number of anilines is 1. The van der Waals surface area contributed by atoms with Gasteiger partial charge in [0.2, 0.25) is 0 Å². The third-order valence-electron chi connectivity index (χ3n) is 3.24. The van der Waals surface area contributed by atoms with Crippen LogP contribution in [0.2, 0.25) is 5.02 Å². The standard InChI is InChI=1S/C18H21ClN2O2/c1-12(2)23-17-8-5-14(11-16(17)19)18(22)21-10-9-13-3-6-15(20)7-4-13/h3-8,11-12H,9-10,20H2,1-2H3,(H,21,22). The number of ether oxygens (including phenoxy) is 1. The molecule has 122 valence electrons. The summed E-state index contributed by atoms with van der Waals surface area (Å²) >= 11 is 6.15. The average molecular weight is 333 g/mol. The third kappa shape index (κ3) is 5.18. The summed E-state index contributed by atoms with van der Waals surface area (Å²) in [6.45, 7) is 4.40. The van der Waals surface area contributed by atoms with Crippen molar-refractivity contribution in [3.8, 4) is 5.75 Å². The second kappa shape index (κ2) is 7.88. The van der Waals surface area contributed by atoms with Crippen molar-refractivity contribution in [2.24, 2.45) is 0 Å². The molecule has 0 unspecified atom stereocenters. The summed E-state index contributed by atoms with van der Waals surface area (Å²) in [6, 6.07) is 12.7. The van der Waals surface area contributed by atoms with Crippen LogP contribution in [-0.4, -0.2) is 18.6 Å². The molecule has 2 aromatic carbocycles. The van der Waals surface area contributed by atoms with Crippen LogP contribution in [0.4, 0.5) is 5.69 Å². The Balaban J connectivity index is 1.90. The molecule has 23 heavy (non-hydrogen) atoms. The average Bonchev–Trinajstić information content (AvgIpc) is 2.50. The molecule has 0 aromatic heterocycles. The van der Waals surface area contributed by atoms with Crippen molar-refractivity contribution in [1.29, 1.82) is 0 Å². The molecule has 1 amide bonds. The molecule has 0 aliphatic rings. The Hall–Kier alpha value is -2.20. The van der Waals surface area contributed by atoms with Crippen LogP contribution in [0, 0.1) is 0 Å². The summed E-state index contributed by atoms with van der Waals surface area (Å²) in [4.78, 5) is 12.1. The Morgan fingerprint density at radius 2 is 1.91 bits per heavy atom. The van der Waals surface area contributed by atoms with Crippen LogP contribution in [0.5, 0.6) is 5.75 Å². The van der Waals surface area contributed by atoms with Gasteiger partial charge < -0.3 is 15.8 Å². The molecule has 3 N–H and O–H groups in total. The van der Waals surface area contributed by atoms with Gasteiger partial charge in [0.15, 0.2) is 0 Å². The largest absolute Gasteiger partial charge is 0.489 e. The third-order valence-corrected chi connectivity index (χ3v) is 3.53. The molecule has 0 heterocycles. The second-order valence-corrected chi connectivity index (χ2v) is 5.97. The topological polar surface area (TPSA) is 64.3 Å². The van der Waals surface area contributed by atoms with E-state index in [9.17, 15) is 4.79 Å². The van der Waals surface area contributed by atoms with E-state index in [-0.39, 0.29) is 12.0 Å². The molecular formula is C18H21ClN2O2. The Kier molecular flexibility index (Phi) is 5.88. The van der Waals surface area contributed by atoms with Gasteiger partial charge in [0, 0.05) is 17.8 Å². The number of nitrogens with two attached hydrogens (primary N) is 1. The van der Waals surface area contributed by atoms with E-state index in [0.717, 1.165) is 17.7 Å². The number of amides is 1. The zero-order valence-electron chi connectivity index (χ0n) is 13.3. The minimum atomic E-state index is -0.154. The van der Waals surface area contributed by atoms with Gasteiger partial charge in [-0.1, -0.05) is 23.7 Å². The minimum Gasteiger partial charge on any atom is -0.489 e. The van der Waals surface area contributed by atoms with E-state index in [1.165, 1.54) is 0 Å². The van der Waals surface area contributed by atoms with Gasteiger partial charge in [-0.2, -0.15) is 0 Å². The van der Waals surface area contributed by atoms with Crippen LogP contribution in [0.25, 0.3) is 0 Å². The predicted molar refractivity (Wildman–Crippen MR) is 94.1 cm³/mol. The van der Waals surface area contributed by atoms with Gasteiger partial charge in [-0.15, -0.1) is 0 Å². The molecule has 4 nitrogen and oxygen atoms in total. The number of nitrogens with one attached hydrogen (secondary N) is 1. The smallest absolute Gasteiger partial charge is 0.251 e. The molecule has 0 fully saturated rings. The fourth-order valence-corrected chi connectivity index (χ4v) is 2.32. The highest BCUT2D eigenvalue weighted by Gasteiger charge is 2.10. The lowest BCUT2D eigenvalue weighted by Gasteiger charge is -2.12. The second-order valence-electron chi connectivity index (χ2n) is 5.56. The molecule has 0 radical (unpaired) electrons. The van der Waals surface area contributed by atoms with E-state index in [1.807, 2.05) is 38.1 Å². The van der Waals surface area contributed by atoms with Crippen LogP contribution in [0.15, 0.2) is 42.5 Å². The maximum Gasteiger partial charge on any atom is 0.251 e. The fraction of sp³-hybridized carbons (Fsp3) is 0.278. The summed E-state index contributed by atoms with van der Waals surface area (Å²) in [6.07, 6.45) is 0.779. The molecule has 0 aliphatic carbocycles. The van der Waals surface area contributed by atoms with Crippen molar-refractivity contribution >= 4 is 23.2 Å². The van der Waals surface area contributed by atoms with E-state index >= 15 is 0 Å². The fourth-order valence-electron chi connectivity index (χ4n) is 2.10. The Morgan fingerprint density at radius 1 is 1.22 bits per heavy atom. The molecule has 2 rings (SSSR count). The maximum atomic E-state index is 12.1. The first-order chi connectivity index (χ1) is 11.0. The number of nitrogen functional groups attached to an aromatic ring is 1. The van der Waals surface area contributed by atoms with E-state index < -0.39 is 0 Å². The predicted octanol–water partition coefficient (Wildman–Crippen LogP) is 3.68. The van der Waals surface area contributed by atoms with Gasteiger partial charge in [-0.25, -0.2) is 0 Å². The first kappa shape index (κ1) is 17.2. The van der Waals surface area contributed by atoms with Gasteiger partial charge in [0.25, 0.3) is 5.91 Å². The highest BCUT2D eigenvalue weighted by Crippen LogP contribution is 2.26. The van der Waals surface area contributed by atoms with Crippen LogP contribution in [0.3, 0.4) is 0 Å². The van der Waals surface area contributed by atoms with Gasteiger partial charge in [0.1, 0.15) is 5.75 Å². The van der Waals surface area contributed by atoms with Crippen LogP contribution < -0.4 is 15.8 Å². The molecule has 0 spiro atoms. The van der Waals surface area contributed by atoms with E-state index in [0.29, 0.717) is 22.9 Å². The number of halogens is 1. The monoisotopic (exact) mass is 332 g/mol. The molecular weight excluding hydrogens is 312 g/mol. The van der Waals surface area contributed by atoms with Crippen molar-refractivity contribution in [2.75, 3.05) is 12.3 Å². The van der Waals surface area contributed by atoms with Crippen molar-refractivity contribution in [2.45, 2.75) is 26.4 Å². The quantitative estimate of drug-likeness (QED) is 0.793. The molecule has 0 bridgehead atoms. The SMILES string of the molecule is CC(C)Oc1ccc(C(=O)NCCc2ccc(N)cc2)cc1Cl. The van der Waals surface area contributed by atoms with Crippen LogP contribution in [-0.2, 0) is 6.42 Å². The lowest BCUT2D eigenvalue weighted by molar-refractivity contribution is 0.0954. The summed E-state index contributed by atoms with van der Waals surface area (Å²) in [5.41, 5.74) is 8.02. The van der Waals surface area contributed by atoms with Crippen molar-refractivity contribution in [3.63, 3.8) is 0 Å². The van der Waals surface area contributed by atoms with Crippen LogP contribution in [0.1, 0.15) is 29.8 Å². The van der Waals surface area contributed by atoms with Gasteiger partial charge in [0.05, 0.1) is 11.1 Å². The zero-order chi connectivity index (χ0) is 16.8. The summed E-state index contributed by atoms with van der Waals surface area (Å²) in [5, 5.41) is 3.31. The molecule has 0 atom stereocenters. The molecule has 5 heteroatoms. The number of carbonyl (C=O) groups excluding carboxylic acids is 1. The number of rotatable bonds is 6. The Bertz CT molecular complexity index is 669. The van der Waals surface area contributed by atoms with E-state index in [1.54, 1.807) is 18.2 Å².